The second-order valence-electron chi connectivity index (χ2n) is 6.03. The molecule has 4 nitrogen and oxygen atoms in total. The van der Waals surface area contributed by atoms with Crippen LogP contribution >= 0.6 is 0 Å². The van der Waals surface area contributed by atoms with E-state index in [1.54, 1.807) is 13.2 Å². The van der Waals surface area contributed by atoms with Gasteiger partial charge < -0.3 is 14.4 Å². The van der Waals surface area contributed by atoms with E-state index < -0.39 is 0 Å². The molecule has 0 bridgehead atoms. The zero-order valence-corrected chi connectivity index (χ0v) is 12.9. The first-order chi connectivity index (χ1) is 10.2. The van der Waals surface area contributed by atoms with Crippen LogP contribution in [0.3, 0.4) is 0 Å². The highest BCUT2D eigenvalue weighted by Gasteiger charge is 2.41. The fourth-order valence-corrected chi connectivity index (χ4v) is 3.42. The number of carbonyl (C=O) groups is 1. The van der Waals surface area contributed by atoms with Gasteiger partial charge in [-0.15, -0.1) is 0 Å². The Labute approximate surface area is 126 Å². The summed E-state index contributed by atoms with van der Waals surface area (Å²) >= 11 is 0. The molecule has 21 heavy (non-hydrogen) atoms. The number of hydrogen-bond donors (Lipinski definition) is 0. The Morgan fingerprint density at radius 3 is 2.95 bits per heavy atom. The summed E-state index contributed by atoms with van der Waals surface area (Å²) in [7, 11) is 1.61. The molecule has 1 saturated heterocycles. The number of nitrogens with zero attached hydrogens (tertiary/aromatic N) is 1. The molecule has 114 valence electrons. The van der Waals surface area contributed by atoms with Gasteiger partial charge in [-0.2, -0.15) is 0 Å². The summed E-state index contributed by atoms with van der Waals surface area (Å²) in [4.78, 5) is 15.0. The average Bonchev–Trinajstić information content (AvgIpc) is 2.69. The van der Waals surface area contributed by atoms with Gasteiger partial charge in [0.05, 0.1) is 19.1 Å². The van der Waals surface area contributed by atoms with E-state index in [0.717, 1.165) is 44.6 Å². The molecule has 2 heterocycles. The fraction of sp³-hybridized carbons (Fsp3) is 0.588. The van der Waals surface area contributed by atoms with Crippen LogP contribution in [0.15, 0.2) is 18.2 Å². The Morgan fingerprint density at radius 1 is 1.33 bits per heavy atom. The Hall–Kier alpha value is -1.55. The van der Waals surface area contributed by atoms with Crippen LogP contribution in [0.1, 0.15) is 43.0 Å². The predicted molar refractivity (Wildman–Crippen MR) is 81.3 cm³/mol. The average molecular weight is 289 g/mol. The van der Waals surface area contributed by atoms with E-state index >= 15 is 0 Å². The maximum absolute atomic E-state index is 12.5. The van der Waals surface area contributed by atoms with Gasteiger partial charge in [-0.1, -0.05) is 6.92 Å². The molecule has 4 heteroatoms. The van der Waals surface area contributed by atoms with Crippen molar-refractivity contribution in [3.05, 3.63) is 23.8 Å². The van der Waals surface area contributed by atoms with Crippen molar-refractivity contribution >= 4 is 5.78 Å². The highest BCUT2D eigenvalue weighted by molar-refractivity contribution is 6.00. The van der Waals surface area contributed by atoms with E-state index in [-0.39, 0.29) is 11.4 Å². The van der Waals surface area contributed by atoms with E-state index in [9.17, 15) is 4.79 Å². The lowest BCUT2D eigenvalue weighted by atomic mass is 9.84. The van der Waals surface area contributed by atoms with Gasteiger partial charge in [-0.05, 0) is 44.1 Å². The third-order valence-corrected chi connectivity index (χ3v) is 4.73. The van der Waals surface area contributed by atoms with E-state index in [1.807, 2.05) is 12.1 Å². The van der Waals surface area contributed by atoms with Crippen molar-refractivity contribution < 1.29 is 14.3 Å². The van der Waals surface area contributed by atoms with Gasteiger partial charge in [0.1, 0.15) is 17.1 Å². The first-order valence-corrected chi connectivity index (χ1v) is 7.78. The lowest BCUT2D eigenvalue weighted by Crippen LogP contribution is -2.42. The van der Waals surface area contributed by atoms with Gasteiger partial charge in [0.2, 0.25) is 0 Å². The van der Waals surface area contributed by atoms with Crippen molar-refractivity contribution in [3.63, 3.8) is 0 Å². The van der Waals surface area contributed by atoms with Crippen molar-refractivity contribution in [1.82, 2.24) is 4.90 Å². The summed E-state index contributed by atoms with van der Waals surface area (Å²) in [6.07, 6.45) is 3.47. The largest absolute Gasteiger partial charge is 0.497 e. The summed E-state index contributed by atoms with van der Waals surface area (Å²) in [5, 5.41) is 0. The molecule has 0 N–H and O–H groups in total. The van der Waals surface area contributed by atoms with Crippen molar-refractivity contribution in [2.75, 3.05) is 26.7 Å². The third kappa shape index (κ3) is 2.77. The fourth-order valence-electron chi connectivity index (χ4n) is 3.42. The predicted octanol–water partition coefficient (Wildman–Crippen LogP) is 2.91. The Balaban J connectivity index is 1.86. The molecule has 0 aliphatic carbocycles. The lowest BCUT2D eigenvalue weighted by molar-refractivity contribution is 0.0301. The zero-order valence-electron chi connectivity index (χ0n) is 12.9. The number of methoxy groups -OCH3 is 1. The van der Waals surface area contributed by atoms with Gasteiger partial charge in [-0.3, -0.25) is 4.79 Å². The van der Waals surface area contributed by atoms with Crippen LogP contribution in [-0.2, 0) is 0 Å². The molecule has 2 aliphatic rings. The summed E-state index contributed by atoms with van der Waals surface area (Å²) in [5.41, 5.74) is 0.361. The number of carbonyl (C=O) groups excluding carboxylic acids is 1. The van der Waals surface area contributed by atoms with Crippen molar-refractivity contribution in [2.24, 2.45) is 0 Å². The van der Waals surface area contributed by atoms with Crippen LogP contribution in [0.2, 0.25) is 0 Å². The highest BCUT2D eigenvalue weighted by atomic mass is 16.5. The maximum atomic E-state index is 12.5. The minimum Gasteiger partial charge on any atom is -0.497 e. The topological polar surface area (TPSA) is 38.8 Å². The quantitative estimate of drug-likeness (QED) is 0.839. The van der Waals surface area contributed by atoms with Crippen LogP contribution in [0.5, 0.6) is 11.5 Å². The molecular formula is C17H23NO3. The molecule has 0 amide bonds. The van der Waals surface area contributed by atoms with Crippen molar-refractivity contribution in [3.8, 4) is 11.5 Å². The molecule has 1 fully saturated rings. The molecule has 2 aliphatic heterocycles. The summed E-state index contributed by atoms with van der Waals surface area (Å²) < 4.78 is 11.5. The SMILES string of the molecule is CCN1CCCC2(CC1)CC(=O)c1cc(OC)ccc1O2. The number of rotatable bonds is 2. The number of ether oxygens (including phenoxy) is 2. The first kappa shape index (κ1) is 14.4. The maximum Gasteiger partial charge on any atom is 0.170 e. The second kappa shape index (κ2) is 5.68. The molecule has 0 aromatic heterocycles. The van der Waals surface area contributed by atoms with Crippen molar-refractivity contribution in [2.45, 2.75) is 38.2 Å². The third-order valence-electron chi connectivity index (χ3n) is 4.73. The van der Waals surface area contributed by atoms with E-state index in [2.05, 4.69) is 11.8 Å². The number of hydrogen-bond acceptors (Lipinski definition) is 4. The minimum absolute atomic E-state index is 0.181. The zero-order chi connectivity index (χ0) is 14.9. The number of ketones is 1. The monoisotopic (exact) mass is 289 g/mol. The number of Topliss-reactive ketones (excluding diaryl/α,β-unsaturated/α-hetero) is 1. The Morgan fingerprint density at radius 2 is 2.19 bits per heavy atom. The molecule has 3 rings (SSSR count). The van der Waals surface area contributed by atoms with Gasteiger partial charge >= 0.3 is 0 Å². The minimum atomic E-state index is -0.303. The van der Waals surface area contributed by atoms with Crippen LogP contribution < -0.4 is 9.47 Å². The van der Waals surface area contributed by atoms with E-state index in [4.69, 9.17) is 9.47 Å². The highest BCUT2D eigenvalue weighted by Crippen LogP contribution is 2.40. The molecule has 0 saturated carbocycles. The smallest absolute Gasteiger partial charge is 0.170 e. The number of fused-ring (bicyclic) bond motifs is 1. The second-order valence-corrected chi connectivity index (χ2v) is 6.03. The summed E-state index contributed by atoms with van der Waals surface area (Å²) in [5.74, 6) is 1.61. The number of benzene rings is 1. The van der Waals surface area contributed by atoms with Gasteiger partial charge in [0.25, 0.3) is 0 Å². The van der Waals surface area contributed by atoms with E-state index in [0.29, 0.717) is 17.7 Å². The van der Waals surface area contributed by atoms with Crippen LogP contribution in [-0.4, -0.2) is 43.0 Å². The van der Waals surface area contributed by atoms with E-state index in [1.165, 1.54) is 0 Å². The summed E-state index contributed by atoms with van der Waals surface area (Å²) in [6.45, 7) is 5.37. The molecule has 1 spiro atoms. The van der Waals surface area contributed by atoms with Crippen LogP contribution in [0.4, 0.5) is 0 Å². The molecule has 1 atom stereocenters. The van der Waals surface area contributed by atoms with Gasteiger partial charge in [0, 0.05) is 13.0 Å². The standard InChI is InChI=1S/C17H23NO3/c1-3-18-9-4-7-17(8-10-18)12-15(19)14-11-13(20-2)5-6-16(14)21-17/h5-6,11H,3-4,7-10,12H2,1-2H3. The number of likely N-dealkylation sites (tertiary alicyclic amines) is 1. The Kier molecular flexibility index (Phi) is 3.89. The molecule has 0 radical (unpaired) electrons. The molecular weight excluding hydrogens is 266 g/mol. The Bertz CT molecular complexity index is 543. The van der Waals surface area contributed by atoms with Crippen molar-refractivity contribution in [1.29, 1.82) is 0 Å². The molecule has 1 aromatic rings. The lowest BCUT2D eigenvalue weighted by Gasteiger charge is -2.37. The molecule has 1 unspecified atom stereocenters. The van der Waals surface area contributed by atoms with Gasteiger partial charge in [-0.25, -0.2) is 0 Å². The molecule has 1 aromatic carbocycles. The normalized spacial score (nSPS) is 26.1. The van der Waals surface area contributed by atoms with Crippen LogP contribution in [0.25, 0.3) is 0 Å². The first-order valence-electron chi connectivity index (χ1n) is 7.78. The van der Waals surface area contributed by atoms with Gasteiger partial charge in [0.15, 0.2) is 5.78 Å². The summed E-state index contributed by atoms with van der Waals surface area (Å²) in [6, 6.07) is 5.52. The van der Waals surface area contributed by atoms with Crippen LogP contribution in [0, 0.1) is 0 Å².